The molecule has 0 rings (SSSR count). The number of nitrogens with zero attached hydrogens (tertiary/aromatic N) is 1. The van der Waals surface area contributed by atoms with Crippen LogP contribution in [0.25, 0.3) is 0 Å². The van der Waals surface area contributed by atoms with Gasteiger partial charge in [0.2, 0.25) is 0 Å². The Labute approximate surface area is 91.8 Å². The van der Waals surface area contributed by atoms with Crippen LogP contribution in [-0.2, 0) is 25.4 Å². The normalized spacial score (nSPS) is 15.5. The molecule has 0 aliphatic rings. The van der Waals surface area contributed by atoms with Crippen molar-refractivity contribution in [3.8, 4) is 0 Å². The molecule has 3 N–H and O–H groups in total. The van der Waals surface area contributed by atoms with E-state index in [-0.39, 0.29) is 0 Å². The highest BCUT2D eigenvalue weighted by Crippen LogP contribution is 2.12. The third-order valence-electron chi connectivity index (χ3n) is 1.31. The summed E-state index contributed by atoms with van der Waals surface area (Å²) in [7, 11) is -10.9. The zero-order chi connectivity index (χ0) is 13.1. The minimum absolute atomic E-state index is 0.657. The molecule has 0 aromatic heterocycles. The van der Waals surface area contributed by atoms with E-state index in [0.717, 1.165) is 6.08 Å². The van der Waals surface area contributed by atoms with Crippen LogP contribution in [0, 0.1) is 0 Å². The molecule has 0 heterocycles. The SMILES string of the molecule is CC=C[C@@H](C(=O)O)N(S(=O)(=O)O)S(=O)(=O)O. The van der Waals surface area contributed by atoms with Gasteiger partial charge in [-0.15, -0.1) is 0 Å². The molecule has 0 aromatic carbocycles. The van der Waals surface area contributed by atoms with E-state index in [9.17, 15) is 21.6 Å². The van der Waals surface area contributed by atoms with Crippen molar-refractivity contribution in [2.45, 2.75) is 13.0 Å². The highest BCUT2D eigenvalue weighted by molar-refractivity contribution is 7.98. The average molecular weight is 275 g/mol. The van der Waals surface area contributed by atoms with E-state index >= 15 is 0 Å². The lowest BCUT2D eigenvalue weighted by atomic mass is 10.3. The van der Waals surface area contributed by atoms with E-state index in [1.165, 1.54) is 6.92 Å². The third kappa shape index (κ3) is 3.86. The van der Waals surface area contributed by atoms with Crippen molar-refractivity contribution in [1.29, 1.82) is 0 Å². The smallest absolute Gasteiger partial charge is 0.352 e. The van der Waals surface area contributed by atoms with E-state index < -0.39 is 36.3 Å². The Bertz CT molecular complexity index is 457. The summed E-state index contributed by atoms with van der Waals surface area (Å²) in [5.74, 6) is -1.88. The lowest BCUT2D eigenvalue weighted by molar-refractivity contribution is -0.139. The monoisotopic (exact) mass is 275 g/mol. The Morgan fingerprint density at radius 3 is 1.75 bits per heavy atom. The maximum Gasteiger partial charge on any atom is 0.352 e. The summed E-state index contributed by atoms with van der Waals surface area (Å²) in [6, 6.07) is -2.25. The number of allylic oxidation sites excluding steroid dienone is 1. The van der Waals surface area contributed by atoms with E-state index in [1.54, 1.807) is 0 Å². The number of aliphatic carboxylic acids is 1. The summed E-state index contributed by atoms with van der Waals surface area (Å²) in [4.78, 5) is 10.6. The molecule has 0 aromatic rings. The molecule has 0 aliphatic heterocycles. The first-order chi connectivity index (χ1) is 7.01. The zero-order valence-electron chi connectivity index (χ0n) is 7.88. The summed E-state index contributed by atoms with van der Waals surface area (Å²) in [6.07, 6.45) is 1.70. The first kappa shape index (κ1) is 15.0. The molecule has 0 spiro atoms. The first-order valence-electron chi connectivity index (χ1n) is 3.62. The second-order valence-electron chi connectivity index (χ2n) is 2.49. The van der Waals surface area contributed by atoms with E-state index in [0.29, 0.717) is 6.08 Å². The molecule has 0 amide bonds. The van der Waals surface area contributed by atoms with E-state index in [1.807, 2.05) is 0 Å². The summed E-state index contributed by atoms with van der Waals surface area (Å²) < 4.78 is 58.7. The summed E-state index contributed by atoms with van der Waals surface area (Å²) in [6.45, 7) is 1.29. The fraction of sp³-hybridized carbons (Fsp3) is 0.400. The quantitative estimate of drug-likeness (QED) is 0.423. The summed E-state index contributed by atoms with van der Waals surface area (Å²) in [5.41, 5.74) is 0. The van der Waals surface area contributed by atoms with Gasteiger partial charge in [0.1, 0.15) is 0 Å². The van der Waals surface area contributed by atoms with Crippen LogP contribution < -0.4 is 0 Å². The van der Waals surface area contributed by atoms with Crippen LogP contribution in [0.15, 0.2) is 12.2 Å². The van der Waals surface area contributed by atoms with Gasteiger partial charge >= 0.3 is 26.6 Å². The molecule has 0 saturated carbocycles. The van der Waals surface area contributed by atoms with Gasteiger partial charge in [-0.2, -0.15) is 16.8 Å². The Morgan fingerprint density at radius 1 is 1.19 bits per heavy atom. The fourth-order valence-electron chi connectivity index (χ4n) is 0.831. The molecule has 11 heteroatoms. The number of carboxylic acid groups (broad SMARTS) is 1. The van der Waals surface area contributed by atoms with Gasteiger partial charge in [0.15, 0.2) is 6.04 Å². The number of rotatable bonds is 5. The Balaban J connectivity index is 5.79. The van der Waals surface area contributed by atoms with Crippen LogP contribution in [0.4, 0.5) is 0 Å². The van der Waals surface area contributed by atoms with Gasteiger partial charge in [0, 0.05) is 0 Å². The molecule has 0 aliphatic carbocycles. The largest absolute Gasteiger partial charge is 0.480 e. The summed E-state index contributed by atoms with van der Waals surface area (Å²) in [5, 5.41) is 8.56. The second-order valence-corrected chi connectivity index (χ2v) is 5.30. The van der Waals surface area contributed by atoms with Crippen LogP contribution in [0.3, 0.4) is 0 Å². The standard InChI is InChI=1S/C5H9NO8S2/c1-2-3-4(5(7)8)6(15(9,10)11)16(12,13)14/h2-4H,1H3,(H,7,8)(H,9,10,11)(H,12,13,14)/t4-/m0/s1. The molecular weight excluding hydrogens is 266 g/mol. The number of carbonyl (C=O) groups is 1. The van der Waals surface area contributed by atoms with Gasteiger partial charge in [-0.1, -0.05) is 12.2 Å². The van der Waals surface area contributed by atoms with Crippen LogP contribution in [0.1, 0.15) is 6.92 Å². The van der Waals surface area contributed by atoms with E-state index in [2.05, 4.69) is 0 Å². The van der Waals surface area contributed by atoms with Gasteiger partial charge in [-0.25, -0.2) is 0 Å². The van der Waals surface area contributed by atoms with Crippen molar-refractivity contribution in [2.75, 3.05) is 0 Å². The van der Waals surface area contributed by atoms with Gasteiger partial charge in [0.25, 0.3) is 0 Å². The predicted octanol–water partition coefficient (Wildman–Crippen LogP) is -1.08. The van der Waals surface area contributed by atoms with Crippen molar-refractivity contribution in [3.05, 3.63) is 12.2 Å². The number of hydrogen-bond acceptors (Lipinski definition) is 5. The predicted molar refractivity (Wildman–Crippen MR) is 51.2 cm³/mol. The van der Waals surface area contributed by atoms with Crippen molar-refractivity contribution in [3.63, 3.8) is 0 Å². The maximum atomic E-state index is 10.6. The molecule has 94 valence electrons. The van der Waals surface area contributed by atoms with Crippen molar-refractivity contribution in [2.24, 2.45) is 0 Å². The van der Waals surface area contributed by atoms with Crippen LogP contribution in [0.5, 0.6) is 0 Å². The van der Waals surface area contributed by atoms with Crippen LogP contribution in [0.2, 0.25) is 0 Å². The number of hydrogen-bond donors (Lipinski definition) is 3. The van der Waals surface area contributed by atoms with Crippen molar-refractivity contribution >= 4 is 26.6 Å². The molecular formula is C5H9NO8S2. The van der Waals surface area contributed by atoms with Crippen molar-refractivity contribution in [1.82, 2.24) is 3.71 Å². The molecule has 9 nitrogen and oxygen atoms in total. The number of carboxylic acids is 1. The minimum atomic E-state index is -5.43. The molecule has 0 saturated heterocycles. The molecule has 0 bridgehead atoms. The zero-order valence-corrected chi connectivity index (χ0v) is 9.51. The highest BCUT2D eigenvalue weighted by Gasteiger charge is 2.41. The molecule has 0 unspecified atom stereocenters. The topological polar surface area (TPSA) is 149 Å². The molecule has 1 atom stereocenters. The van der Waals surface area contributed by atoms with Gasteiger partial charge < -0.3 is 5.11 Å². The highest BCUT2D eigenvalue weighted by atomic mass is 32.3. The van der Waals surface area contributed by atoms with E-state index in [4.69, 9.17) is 14.2 Å². The Kier molecular flexibility index (Phi) is 4.57. The fourth-order valence-corrected chi connectivity index (χ4v) is 2.68. The summed E-state index contributed by atoms with van der Waals surface area (Å²) >= 11 is 0. The Morgan fingerprint density at radius 2 is 1.56 bits per heavy atom. The lowest BCUT2D eigenvalue weighted by Crippen LogP contribution is -2.46. The molecule has 0 fully saturated rings. The average Bonchev–Trinajstić information content (AvgIpc) is 1.97. The third-order valence-corrected chi connectivity index (χ3v) is 3.80. The van der Waals surface area contributed by atoms with Gasteiger partial charge in [-0.3, -0.25) is 13.9 Å². The van der Waals surface area contributed by atoms with Gasteiger partial charge in [0.05, 0.1) is 0 Å². The van der Waals surface area contributed by atoms with Gasteiger partial charge in [-0.05, 0) is 10.6 Å². The Hall–Kier alpha value is -1.01. The van der Waals surface area contributed by atoms with Crippen LogP contribution >= 0.6 is 0 Å². The molecule has 0 radical (unpaired) electrons. The maximum absolute atomic E-state index is 10.6. The molecule has 16 heavy (non-hydrogen) atoms. The minimum Gasteiger partial charge on any atom is -0.480 e. The lowest BCUT2D eigenvalue weighted by Gasteiger charge is -2.18. The van der Waals surface area contributed by atoms with Crippen molar-refractivity contribution < 1.29 is 35.8 Å². The second kappa shape index (κ2) is 4.88. The first-order valence-corrected chi connectivity index (χ1v) is 6.41. The van der Waals surface area contributed by atoms with Crippen LogP contribution in [-0.4, -0.2) is 46.8 Å².